The Labute approximate surface area is 156 Å². The van der Waals surface area contributed by atoms with Crippen LogP contribution in [0.1, 0.15) is 98.3 Å². The van der Waals surface area contributed by atoms with Gasteiger partial charge in [-0.15, -0.1) is 0 Å². The molecule has 25 heavy (non-hydrogen) atoms. The molecule has 1 heteroatoms. The molecule has 0 radical (unpaired) electrons. The minimum absolute atomic E-state index is 0.612. The van der Waals surface area contributed by atoms with Crippen LogP contribution in [0.15, 0.2) is 0 Å². The summed E-state index contributed by atoms with van der Waals surface area (Å²) in [6.07, 6.45) is 16.4. The van der Waals surface area contributed by atoms with Gasteiger partial charge >= 0.3 is 0 Å². The maximum atomic E-state index is 5.93. The standard InChI is InChI=1S/C24H43N/c1-17(11-16-25)20-8-9-21-23(20,4)14-15-24(21)13-10-19-7-5-6-12-22(19,3)18(24)2/h17-21H,5-16,25H2,1-4H3. The SMILES string of the molecule is CC(CCN)C1CCC2C1(C)CCC21CCC2CCCCC2(C)C1C. The first-order valence-corrected chi connectivity index (χ1v) is 11.6. The molecule has 2 N–H and O–H groups in total. The number of hydrogen-bond donors (Lipinski definition) is 1. The number of fused-ring (bicyclic) bond motifs is 3. The molecule has 8 atom stereocenters. The van der Waals surface area contributed by atoms with Crippen molar-refractivity contribution in [2.24, 2.45) is 51.6 Å². The first-order valence-electron chi connectivity index (χ1n) is 11.6. The van der Waals surface area contributed by atoms with Crippen molar-refractivity contribution in [1.29, 1.82) is 0 Å². The highest BCUT2D eigenvalue weighted by molar-refractivity contribution is 5.15. The lowest BCUT2D eigenvalue weighted by Crippen LogP contribution is -2.52. The molecular weight excluding hydrogens is 302 g/mol. The summed E-state index contributed by atoms with van der Waals surface area (Å²) in [5.41, 5.74) is 7.85. The van der Waals surface area contributed by atoms with E-state index < -0.39 is 0 Å². The zero-order chi connectivity index (χ0) is 17.9. The number of nitrogens with two attached hydrogens (primary N) is 1. The van der Waals surface area contributed by atoms with Gasteiger partial charge in [0.15, 0.2) is 0 Å². The third-order valence-corrected chi connectivity index (χ3v) is 10.8. The van der Waals surface area contributed by atoms with Gasteiger partial charge in [0.05, 0.1) is 0 Å². The normalized spacial score (nSPS) is 53.6. The Bertz CT molecular complexity index is 500. The summed E-state index contributed by atoms with van der Waals surface area (Å²) in [6, 6.07) is 0. The van der Waals surface area contributed by atoms with E-state index in [4.69, 9.17) is 5.73 Å². The monoisotopic (exact) mass is 345 g/mol. The van der Waals surface area contributed by atoms with Crippen LogP contribution in [0.4, 0.5) is 0 Å². The van der Waals surface area contributed by atoms with Crippen molar-refractivity contribution in [3.05, 3.63) is 0 Å². The molecule has 0 saturated heterocycles. The first kappa shape index (κ1) is 18.3. The molecule has 0 amide bonds. The van der Waals surface area contributed by atoms with Gasteiger partial charge in [-0.2, -0.15) is 0 Å². The molecule has 4 fully saturated rings. The zero-order valence-corrected chi connectivity index (χ0v) is 17.4. The number of rotatable bonds is 3. The van der Waals surface area contributed by atoms with Crippen LogP contribution in [-0.2, 0) is 0 Å². The van der Waals surface area contributed by atoms with E-state index in [1.165, 1.54) is 64.2 Å². The second-order valence-corrected chi connectivity index (χ2v) is 11.2. The van der Waals surface area contributed by atoms with E-state index in [-0.39, 0.29) is 0 Å². The summed E-state index contributed by atoms with van der Waals surface area (Å²) >= 11 is 0. The first-order chi connectivity index (χ1) is 11.9. The maximum Gasteiger partial charge on any atom is -0.00746 e. The lowest BCUT2D eigenvalue weighted by Gasteiger charge is -2.60. The van der Waals surface area contributed by atoms with Crippen molar-refractivity contribution in [2.45, 2.75) is 98.3 Å². The molecular formula is C24H43N. The molecule has 4 aliphatic carbocycles. The van der Waals surface area contributed by atoms with Gasteiger partial charge in [-0.3, -0.25) is 0 Å². The van der Waals surface area contributed by atoms with Gasteiger partial charge < -0.3 is 5.73 Å². The quantitative estimate of drug-likeness (QED) is 0.628. The number of hydrogen-bond acceptors (Lipinski definition) is 1. The van der Waals surface area contributed by atoms with Crippen molar-refractivity contribution in [1.82, 2.24) is 0 Å². The van der Waals surface area contributed by atoms with Crippen LogP contribution in [0.5, 0.6) is 0 Å². The predicted octanol–water partition coefficient (Wildman–Crippen LogP) is 6.41. The highest BCUT2D eigenvalue weighted by Gasteiger charge is 2.66. The highest BCUT2D eigenvalue weighted by Crippen LogP contribution is 2.74. The van der Waals surface area contributed by atoms with E-state index in [2.05, 4.69) is 27.7 Å². The molecule has 4 saturated carbocycles. The molecule has 0 bridgehead atoms. The molecule has 144 valence electrons. The smallest absolute Gasteiger partial charge is 0.00746 e. The Morgan fingerprint density at radius 3 is 2.48 bits per heavy atom. The molecule has 0 aromatic rings. The van der Waals surface area contributed by atoms with Gasteiger partial charge in [0.25, 0.3) is 0 Å². The summed E-state index contributed by atoms with van der Waals surface area (Å²) in [7, 11) is 0. The summed E-state index contributed by atoms with van der Waals surface area (Å²) < 4.78 is 0. The predicted molar refractivity (Wildman–Crippen MR) is 107 cm³/mol. The van der Waals surface area contributed by atoms with Gasteiger partial charge in [-0.25, -0.2) is 0 Å². The minimum atomic E-state index is 0.612. The second-order valence-electron chi connectivity index (χ2n) is 11.2. The largest absolute Gasteiger partial charge is 0.330 e. The second kappa shape index (κ2) is 6.25. The van der Waals surface area contributed by atoms with Crippen LogP contribution in [0, 0.1) is 45.8 Å². The Balaban J connectivity index is 1.62. The molecule has 1 spiro atoms. The van der Waals surface area contributed by atoms with E-state index in [9.17, 15) is 0 Å². The van der Waals surface area contributed by atoms with E-state index in [0.29, 0.717) is 16.2 Å². The Morgan fingerprint density at radius 2 is 1.72 bits per heavy atom. The zero-order valence-electron chi connectivity index (χ0n) is 17.4. The topological polar surface area (TPSA) is 26.0 Å². The fraction of sp³-hybridized carbons (Fsp3) is 1.00. The lowest BCUT2D eigenvalue weighted by atomic mass is 9.45. The van der Waals surface area contributed by atoms with Crippen molar-refractivity contribution < 1.29 is 0 Å². The summed E-state index contributed by atoms with van der Waals surface area (Å²) in [4.78, 5) is 0. The molecule has 4 aliphatic rings. The molecule has 1 nitrogen and oxygen atoms in total. The summed E-state index contributed by atoms with van der Waals surface area (Å²) in [5.74, 6) is 4.73. The third-order valence-electron chi connectivity index (χ3n) is 10.8. The van der Waals surface area contributed by atoms with Crippen LogP contribution < -0.4 is 5.73 Å². The molecule has 0 aromatic carbocycles. The van der Waals surface area contributed by atoms with Gasteiger partial charge in [0.1, 0.15) is 0 Å². The molecule has 8 unspecified atom stereocenters. The van der Waals surface area contributed by atoms with Crippen LogP contribution in [0.25, 0.3) is 0 Å². The van der Waals surface area contributed by atoms with Crippen LogP contribution in [0.3, 0.4) is 0 Å². The van der Waals surface area contributed by atoms with Crippen molar-refractivity contribution in [3.8, 4) is 0 Å². The molecule has 0 heterocycles. The minimum Gasteiger partial charge on any atom is -0.330 e. The Morgan fingerprint density at radius 1 is 0.920 bits per heavy atom. The summed E-state index contributed by atoms with van der Waals surface area (Å²) in [5, 5.41) is 0. The average Bonchev–Trinajstić information content (AvgIpc) is 3.07. The molecule has 0 aromatic heterocycles. The van der Waals surface area contributed by atoms with Crippen molar-refractivity contribution >= 4 is 0 Å². The van der Waals surface area contributed by atoms with E-state index in [1.54, 1.807) is 6.42 Å². The van der Waals surface area contributed by atoms with Gasteiger partial charge in [0, 0.05) is 0 Å². The van der Waals surface area contributed by atoms with Gasteiger partial charge in [-0.1, -0.05) is 40.5 Å². The van der Waals surface area contributed by atoms with Crippen LogP contribution >= 0.6 is 0 Å². The van der Waals surface area contributed by atoms with E-state index in [1.807, 2.05) is 0 Å². The van der Waals surface area contributed by atoms with E-state index >= 15 is 0 Å². The molecule has 4 rings (SSSR count). The lowest BCUT2D eigenvalue weighted by molar-refractivity contribution is -0.106. The highest BCUT2D eigenvalue weighted by atomic mass is 14.7. The van der Waals surface area contributed by atoms with Gasteiger partial charge in [0.2, 0.25) is 0 Å². The molecule has 0 aliphatic heterocycles. The average molecular weight is 346 g/mol. The fourth-order valence-electron chi connectivity index (χ4n) is 9.25. The maximum absolute atomic E-state index is 5.93. The third kappa shape index (κ3) is 2.43. The van der Waals surface area contributed by atoms with Crippen LogP contribution in [-0.4, -0.2) is 6.54 Å². The fourth-order valence-corrected chi connectivity index (χ4v) is 9.25. The van der Waals surface area contributed by atoms with Crippen molar-refractivity contribution in [3.63, 3.8) is 0 Å². The van der Waals surface area contributed by atoms with E-state index in [0.717, 1.165) is 36.1 Å². The Hall–Kier alpha value is -0.0400. The Kier molecular flexibility index (Phi) is 4.58. The van der Waals surface area contributed by atoms with Crippen molar-refractivity contribution in [2.75, 3.05) is 6.54 Å². The van der Waals surface area contributed by atoms with Crippen LogP contribution in [0.2, 0.25) is 0 Å². The summed E-state index contributed by atoms with van der Waals surface area (Å²) in [6.45, 7) is 11.5. The van der Waals surface area contributed by atoms with Gasteiger partial charge in [-0.05, 0) is 110 Å².